The van der Waals surface area contributed by atoms with Crippen molar-refractivity contribution >= 4 is 0 Å². The van der Waals surface area contributed by atoms with Gasteiger partial charge in [-0.3, -0.25) is 0 Å². The van der Waals surface area contributed by atoms with E-state index in [1.54, 1.807) is 12.1 Å². The molecule has 2 unspecified atom stereocenters. The van der Waals surface area contributed by atoms with Gasteiger partial charge < -0.3 is 20.3 Å². The van der Waals surface area contributed by atoms with Gasteiger partial charge in [0.25, 0.3) is 0 Å². The highest BCUT2D eigenvalue weighted by Crippen LogP contribution is 2.37. The molecule has 0 aromatic heterocycles. The molecule has 1 aromatic rings. The lowest BCUT2D eigenvalue weighted by Gasteiger charge is -2.18. The van der Waals surface area contributed by atoms with E-state index in [9.17, 15) is 4.39 Å². The molecule has 0 saturated carbocycles. The maximum Gasteiger partial charge on any atom is 0.165 e. The quantitative estimate of drug-likeness (QED) is 0.826. The lowest BCUT2D eigenvalue weighted by molar-refractivity contribution is 0.262. The van der Waals surface area contributed by atoms with Gasteiger partial charge in [-0.25, -0.2) is 4.39 Å². The highest BCUT2D eigenvalue weighted by Gasteiger charge is 2.19. The molecule has 0 bridgehead atoms. The lowest BCUT2D eigenvalue weighted by atomic mass is 10.0. The molecule has 0 spiro atoms. The van der Waals surface area contributed by atoms with E-state index in [1.807, 2.05) is 0 Å². The van der Waals surface area contributed by atoms with Gasteiger partial charge in [-0.05, 0) is 24.6 Å². The van der Waals surface area contributed by atoms with Crippen molar-refractivity contribution in [1.29, 1.82) is 0 Å². The molecular formula is C12H18FNO3. The van der Waals surface area contributed by atoms with Crippen LogP contribution in [0.3, 0.4) is 0 Å². The van der Waals surface area contributed by atoms with Gasteiger partial charge in [-0.2, -0.15) is 0 Å². The first-order valence-corrected chi connectivity index (χ1v) is 5.31. The predicted molar refractivity (Wildman–Crippen MR) is 63.1 cm³/mol. The molecule has 17 heavy (non-hydrogen) atoms. The lowest BCUT2D eigenvalue weighted by Crippen LogP contribution is -2.16. The summed E-state index contributed by atoms with van der Waals surface area (Å²) >= 11 is 0. The molecule has 2 atom stereocenters. The van der Waals surface area contributed by atoms with E-state index in [-0.39, 0.29) is 6.61 Å². The van der Waals surface area contributed by atoms with Crippen molar-refractivity contribution in [3.05, 3.63) is 23.3 Å². The van der Waals surface area contributed by atoms with E-state index >= 15 is 0 Å². The number of benzene rings is 1. The summed E-state index contributed by atoms with van der Waals surface area (Å²) in [4.78, 5) is 0. The summed E-state index contributed by atoms with van der Waals surface area (Å²) in [5.74, 6) is 0.840. The average Bonchev–Trinajstić information content (AvgIpc) is 2.35. The van der Waals surface area contributed by atoms with Crippen LogP contribution >= 0.6 is 0 Å². The first kappa shape index (κ1) is 13.7. The van der Waals surface area contributed by atoms with Crippen LogP contribution in [0.2, 0.25) is 0 Å². The standard InChI is InChI=1S/C12H18FNO3/c1-7(13)8-4-9(10(14)6-15)12(17-3)11(5-8)16-2/h4-5,7,10,15H,6,14H2,1-3H3. The Labute approximate surface area is 100 Å². The van der Waals surface area contributed by atoms with Crippen molar-refractivity contribution in [2.24, 2.45) is 5.73 Å². The van der Waals surface area contributed by atoms with Gasteiger partial charge in [0.05, 0.1) is 26.9 Å². The van der Waals surface area contributed by atoms with Crippen LogP contribution in [0.1, 0.15) is 30.3 Å². The fraction of sp³-hybridized carbons (Fsp3) is 0.500. The fourth-order valence-corrected chi connectivity index (χ4v) is 1.62. The monoisotopic (exact) mass is 243 g/mol. The fourth-order valence-electron chi connectivity index (χ4n) is 1.62. The summed E-state index contributed by atoms with van der Waals surface area (Å²) in [7, 11) is 2.95. The topological polar surface area (TPSA) is 64.7 Å². The highest BCUT2D eigenvalue weighted by atomic mass is 19.1. The smallest absolute Gasteiger partial charge is 0.165 e. The zero-order valence-corrected chi connectivity index (χ0v) is 10.2. The van der Waals surface area contributed by atoms with E-state index < -0.39 is 12.2 Å². The molecular weight excluding hydrogens is 225 g/mol. The number of ether oxygens (including phenoxy) is 2. The van der Waals surface area contributed by atoms with Crippen molar-refractivity contribution in [3.63, 3.8) is 0 Å². The molecule has 1 aromatic carbocycles. The summed E-state index contributed by atoms with van der Waals surface area (Å²) in [6.45, 7) is 1.18. The number of methoxy groups -OCH3 is 2. The third-order valence-electron chi connectivity index (χ3n) is 2.59. The number of nitrogens with two attached hydrogens (primary N) is 1. The van der Waals surface area contributed by atoms with Crippen molar-refractivity contribution in [3.8, 4) is 11.5 Å². The molecule has 4 nitrogen and oxygen atoms in total. The van der Waals surface area contributed by atoms with Gasteiger partial charge in [0.15, 0.2) is 11.5 Å². The van der Waals surface area contributed by atoms with E-state index in [0.717, 1.165) is 0 Å². The van der Waals surface area contributed by atoms with Gasteiger partial charge in [0, 0.05) is 5.56 Å². The Morgan fingerprint density at radius 2 is 2.00 bits per heavy atom. The second kappa shape index (κ2) is 5.84. The number of halogens is 1. The summed E-state index contributed by atoms with van der Waals surface area (Å²) in [6, 6.07) is 2.53. The molecule has 0 fully saturated rings. The Kier molecular flexibility index (Phi) is 4.72. The van der Waals surface area contributed by atoms with Crippen molar-refractivity contribution in [1.82, 2.24) is 0 Å². The molecule has 0 saturated heterocycles. The van der Waals surface area contributed by atoms with Gasteiger partial charge >= 0.3 is 0 Å². The van der Waals surface area contributed by atoms with Crippen LogP contribution in [0.5, 0.6) is 11.5 Å². The molecule has 96 valence electrons. The van der Waals surface area contributed by atoms with Gasteiger partial charge in [-0.1, -0.05) is 0 Å². The molecule has 0 aliphatic rings. The van der Waals surface area contributed by atoms with Crippen LogP contribution in [0.15, 0.2) is 12.1 Å². The van der Waals surface area contributed by atoms with E-state index in [2.05, 4.69) is 0 Å². The van der Waals surface area contributed by atoms with Crippen LogP contribution in [-0.2, 0) is 0 Å². The number of alkyl halides is 1. The normalized spacial score (nSPS) is 14.2. The minimum Gasteiger partial charge on any atom is -0.493 e. The zero-order chi connectivity index (χ0) is 13.0. The minimum absolute atomic E-state index is 0.246. The third kappa shape index (κ3) is 2.87. The van der Waals surface area contributed by atoms with Crippen LogP contribution in [0, 0.1) is 0 Å². The van der Waals surface area contributed by atoms with Gasteiger partial charge in [-0.15, -0.1) is 0 Å². The van der Waals surface area contributed by atoms with E-state index in [1.165, 1.54) is 21.1 Å². The predicted octanol–water partition coefficient (Wildman–Crippen LogP) is 1.73. The average molecular weight is 243 g/mol. The van der Waals surface area contributed by atoms with Crippen LogP contribution in [0.25, 0.3) is 0 Å². The van der Waals surface area contributed by atoms with Crippen molar-refractivity contribution in [2.45, 2.75) is 19.1 Å². The molecule has 0 heterocycles. The third-order valence-corrected chi connectivity index (χ3v) is 2.59. The van der Waals surface area contributed by atoms with Crippen molar-refractivity contribution < 1.29 is 19.0 Å². The Balaban J connectivity index is 3.37. The molecule has 0 amide bonds. The molecule has 0 aliphatic heterocycles. The Morgan fingerprint density at radius 3 is 2.41 bits per heavy atom. The van der Waals surface area contributed by atoms with Gasteiger partial charge in [0.2, 0.25) is 0 Å². The number of rotatable bonds is 5. The molecule has 0 radical (unpaired) electrons. The number of hydrogen-bond acceptors (Lipinski definition) is 4. The van der Waals surface area contributed by atoms with Crippen LogP contribution < -0.4 is 15.2 Å². The molecule has 5 heteroatoms. The summed E-state index contributed by atoms with van der Waals surface area (Å²) in [5.41, 5.74) is 6.74. The van der Waals surface area contributed by atoms with Crippen molar-refractivity contribution in [2.75, 3.05) is 20.8 Å². The maximum atomic E-state index is 13.3. The zero-order valence-electron chi connectivity index (χ0n) is 10.2. The van der Waals surface area contributed by atoms with E-state index in [4.69, 9.17) is 20.3 Å². The highest BCUT2D eigenvalue weighted by molar-refractivity contribution is 5.51. The molecule has 1 rings (SSSR count). The van der Waals surface area contributed by atoms with E-state index in [0.29, 0.717) is 22.6 Å². The summed E-state index contributed by atoms with van der Waals surface area (Å²) < 4.78 is 23.7. The van der Waals surface area contributed by atoms with Crippen LogP contribution in [-0.4, -0.2) is 25.9 Å². The maximum absolute atomic E-state index is 13.3. The van der Waals surface area contributed by atoms with Crippen LogP contribution in [0.4, 0.5) is 4.39 Å². The first-order chi connectivity index (χ1) is 8.04. The summed E-state index contributed by atoms with van der Waals surface area (Å²) in [6.07, 6.45) is -1.14. The second-order valence-electron chi connectivity index (χ2n) is 3.75. The Morgan fingerprint density at radius 1 is 1.35 bits per heavy atom. The number of hydrogen-bond donors (Lipinski definition) is 2. The first-order valence-electron chi connectivity index (χ1n) is 5.31. The SMILES string of the molecule is COc1cc(C(C)F)cc(C(N)CO)c1OC. The number of aliphatic hydroxyl groups excluding tert-OH is 1. The summed E-state index contributed by atoms with van der Waals surface area (Å²) in [5, 5.41) is 9.09. The minimum atomic E-state index is -1.14. The van der Waals surface area contributed by atoms with Gasteiger partial charge in [0.1, 0.15) is 6.17 Å². The Bertz CT molecular complexity index is 382. The Hall–Kier alpha value is -1.33. The second-order valence-corrected chi connectivity index (χ2v) is 3.75. The molecule has 0 aliphatic carbocycles. The number of aliphatic hydroxyl groups is 1. The largest absolute Gasteiger partial charge is 0.493 e. The molecule has 3 N–H and O–H groups in total.